The smallest absolute Gasteiger partial charge is 0.278 e. The predicted molar refractivity (Wildman–Crippen MR) is 107 cm³/mol. The summed E-state index contributed by atoms with van der Waals surface area (Å²) in [4.78, 5) is 37.0. The van der Waals surface area contributed by atoms with Crippen molar-refractivity contribution in [2.24, 2.45) is 7.05 Å². The molecule has 0 saturated heterocycles. The maximum atomic E-state index is 12.6. The Morgan fingerprint density at radius 3 is 2.62 bits per heavy atom. The van der Waals surface area contributed by atoms with Crippen LogP contribution in [0.15, 0.2) is 24.3 Å². The van der Waals surface area contributed by atoms with Crippen LogP contribution in [0.5, 0.6) is 5.75 Å². The molecule has 0 saturated carbocycles. The quantitative estimate of drug-likeness (QED) is 0.496. The Bertz CT molecular complexity index is 948. The minimum absolute atomic E-state index is 0.270. The zero-order valence-electron chi connectivity index (χ0n) is 17.0. The topological polar surface area (TPSA) is 114 Å². The number of nitrogens with zero attached hydrogens (tertiary/aromatic N) is 2. The number of amides is 3. The molecule has 0 fully saturated rings. The van der Waals surface area contributed by atoms with Crippen molar-refractivity contribution in [1.29, 1.82) is 0 Å². The lowest BCUT2D eigenvalue weighted by atomic mass is 10.0. The maximum absolute atomic E-state index is 12.6. The van der Waals surface area contributed by atoms with E-state index in [-0.39, 0.29) is 12.5 Å². The molecule has 154 valence electrons. The summed E-state index contributed by atoms with van der Waals surface area (Å²) in [7, 11) is 1.77. The lowest BCUT2D eigenvalue weighted by Crippen LogP contribution is -2.58. The third-order valence-corrected chi connectivity index (χ3v) is 4.84. The molecular weight excluding hydrogens is 374 g/mol. The second-order valence-electron chi connectivity index (χ2n) is 7.25. The van der Waals surface area contributed by atoms with Crippen LogP contribution < -0.4 is 20.7 Å². The van der Waals surface area contributed by atoms with E-state index in [2.05, 4.69) is 21.0 Å². The van der Waals surface area contributed by atoms with Gasteiger partial charge in [-0.15, -0.1) is 0 Å². The summed E-state index contributed by atoms with van der Waals surface area (Å²) in [5.41, 5.74) is 1.11. The SMILES string of the molecule is Cc1ccc2c(c1)NC(=O)C(C)(C(=O)NCCCNC(=O)c1cc(C)n(C)n1)O2. The minimum atomic E-state index is -1.66. The van der Waals surface area contributed by atoms with Gasteiger partial charge >= 0.3 is 0 Å². The molecule has 0 spiro atoms. The number of ether oxygens (including phenoxy) is 1. The first kappa shape index (κ1) is 20.4. The second-order valence-corrected chi connectivity index (χ2v) is 7.25. The minimum Gasteiger partial charge on any atom is -0.466 e. The molecule has 9 heteroatoms. The second kappa shape index (κ2) is 7.94. The van der Waals surface area contributed by atoms with E-state index < -0.39 is 17.4 Å². The molecule has 2 heterocycles. The highest BCUT2D eigenvalue weighted by Crippen LogP contribution is 2.34. The van der Waals surface area contributed by atoms with Crippen molar-refractivity contribution in [1.82, 2.24) is 20.4 Å². The summed E-state index contributed by atoms with van der Waals surface area (Å²) in [5.74, 6) is -0.875. The molecule has 3 amide bonds. The molecule has 1 aliphatic rings. The van der Waals surface area contributed by atoms with Gasteiger partial charge in [-0.2, -0.15) is 5.10 Å². The van der Waals surface area contributed by atoms with Gasteiger partial charge in [0.2, 0.25) is 0 Å². The number of hydrogen-bond acceptors (Lipinski definition) is 5. The van der Waals surface area contributed by atoms with Crippen LogP contribution in [0.2, 0.25) is 0 Å². The fraction of sp³-hybridized carbons (Fsp3) is 0.400. The fourth-order valence-corrected chi connectivity index (χ4v) is 2.91. The Labute approximate surface area is 168 Å². The maximum Gasteiger partial charge on any atom is 0.278 e. The van der Waals surface area contributed by atoms with Crippen LogP contribution in [-0.2, 0) is 16.6 Å². The molecule has 1 atom stereocenters. The van der Waals surface area contributed by atoms with E-state index in [4.69, 9.17) is 4.74 Å². The molecule has 0 bridgehead atoms. The number of hydrogen-bond donors (Lipinski definition) is 3. The lowest BCUT2D eigenvalue weighted by molar-refractivity contribution is -0.146. The van der Waals surface area contributed by atoms with Crippen molar-refractivity contribution in [2.45, 2.75) is 32.8 Å². The van der Waals surface area contributed by atoms with Crippen LogP contribution in [0, 0.1) is 13.8 Å². The van der Waals surface area contributed by atoms with Gasteiger partial charge in [-0.05, 0) is 51.0 Å². The van der Waals surface area contributed by atoms with Gasteiger partial charge in [-0.25, -0.2) is 0 Å². The first-order valence-electron chi connectivity index (χ1n) is 9.39. The van der Waals surface area contributed by atoms with Crippen molar-refractivity contribution in [3.63, 3.8) is 0 Å². The van der Waals surface area contributed by atoms with Crippen LogP contribution in [0.3, 0.4) is 0 Å². The summed E-state index contributed by atoms with van der Waals surface area (Å²) >= 11 is 0. The number of carbonyl (C=O) groups is 3. The number of aromatic nitrogens is 2. The molecule has 0 aliphatic carbocycles. The molecule has 3 N–H and O–H groups in total. The van der Waals surface area contributed by atoms with Gasteiger partial charge in [0.15, 0.2) is 0 Å². The first-order valence-corrected chi connectivity index (χ1v) is 9.39. The fourth-order valence-electron chi connectivity index (χ4n) is 2.91. The van der Waals surface area contributed by atoms with Crippen LogP contribution in [0.4, 0.5) is 5.69 Å². The number of benzene rings is 1. The molecule has 3 rings (SSSR count). The van der Waals surface area contributed by atoms with Crippen molar-refractivity contribution in [2.75, 3.05) is 18.4 Å². The normalized spacial score (nSPS) is 17.7. The monoisotopic (exact) mass is 399 g/mol. The van der Waals surface area contributed by atoms with Crippen molar-refractivity contribution in [3.05, 3.63) is 41.2 Å². The van der Waals surface area contributed by atoms with Crippen LogP contribution >= 0.6 is 0 Å². The highest BCUT2D eigenvalue weighted by atomic mass is 16.5. The van der Waals surface area contributed by atoms with Gasteiger partial charge in [0.25, 0.3) is 23.3 Å². The average Bonchev–Trinajstić information content (AvgIpc) is 3.01. The van der Waals surface area contributed by atoms with Gasteiger partial charge in [-0.3, -0.25) is 19.1 Å². The molecule has 9 nitrogen and oxygen atoms in total. The molecule has 2 aromatic rings. The third-order valence-electron chi connectivity index (χ3n) is 4.84. The van der Waals surface area contributed by atoms with E-state index in [9.17, 15) is 14.4 Å². The zero-order valence-corrected chi connectivity index (χ0v) is 17.0. The summed E-state index contributed by atoms with van der Waals surface area (Å²) in [5, 5.41) is 12.3. The Morgan fingerprint density at radius 2 is 1.93 bits per heavy atom. The van der Waals surface area contributed by atoms with E-state index in [1.807, 2.05) is 19.9 Å². The van der Waals surface area contributed by atoms with Crippen LogP contribution in [-0.4, -0.2) is 46.2 Å². The van der Waals surface area contributed by atoms with Gasteiger partial charge in [0, 0.05) is 25.8 Å². The Balaban J connectivity index is 1.48. The lowest BCUT2D eigenvalue weighted by Gasteiger charge is -2.33. The number of rotatable bonds is 6. The molecular formula is C20H25N5O4. The molecule has 1 aliphatic heterocycles. The Kier molecular flexibility index (Phi) is 5.58. The van der Waals surface area contributed by atoms with Crippen molar-refractivity contribution < 1.29 is 19.1 Å². The largest absolute Gasteiger partial charge is 0.466 e. The van der Waals surface area contributed by atoms with Crippen LogP contribution in [0.25, 0.3) is 0 Å². The molecule has 1 unspecified atom stereocenters. The molecule has 29 heavy (non-hydrogen) atoms. The number of carbonyl (C=O) groups excluding carboxylic acids is 3. The average molecular weight is 399 g/mol. The Hall–Kier alpha value is -3.36. The van der Waals surface area contributed by atoms with Gasteiger partial charge in [0.1, 0.15) is 11.4 Å². The number of fused-ring (bicyclic) bond motifs is 1. The summed E-state index contributed by atoms with van der Waals surface area (Å²) in [6.07, 6.45) is 0.497. The number of aryl methyl sites for hydroxylation is 3. The van der Waals surface area contributed by atoms with Gasteiger partial charge in [0.05, 0.1) is 5.69 Å². The highest BCUT2D eigenvalue weighted by Gasteiger charge is 2.47. The third kappa shape index (κ3) is 4.23. The predicted octanol–water partition coefficient (Wildman–Crippen LogP) is 1.06. The van der Waals surface area contributed by atoms with E-state index >= 15 is 0 Å². The Morgan fingerprint density at radius 1 is 1.21 bits per heavy atom. The number of anilines is 1. The highest BCUT2D eigenvalue weighted by molar-refractivity contribution is 6.15. The van der Waals surface area contributed by atoms with E-state index in [0.717, 1.165) is 11.3 Å². The molecule has 0 radical (unpaired) electrons. The van der Waals surface area contributed by atoms with Crippen molar-refractivity contribution in [3.8, 4) is 5.75 Å². The van der Waals surface area contributed by atoms with E-state index in [1.165, 1.54) is 6.92 Å². The zero-order chi connectivity index (χ0) is 21.2. The standard InChI is InChI=1S/C20H25N5O4/c1-12-6-7-16-14(10-12)23-19(28)20(3,29-16)18(27)22-9-5-8-21-17(26)15-11-13(2)25(4)24-15/h6-7,10-11H,5,8-9H2,1-4H3,(H,21,26)(H,22,27)(H,23,28). The summed E-state index contributed by atoms with van der Waals surface area (Å²) < 4.78 is 7.34. The van der Waals surface area contributed by atoms with Crippen LogP contribution in [0.1, 0.15) is 35.1 Å². The number of nitrogens with one attached hydrogen (secondary N) is 3. The van der Waals surface area contributed by atoms with Crippen molar-refractivity contribution >= 4 is 23.4 Å². The first-order chi connectivity index (χ1) is 13.7. The van der Waals surface area contributed by atoms with Gasteiger partial charge < -0.3 is 20.7 Å². The van der Waals surface area contributed by atoms with E-state index in [1.54, 1.807) is 29.9 Å². The van der Waals surface area contributed by atoms with Gasteiger partial charge in [-0.1, -0.05) is 6.07 Å². The summed E-state index contributed by atoms with van der Waals surface area (Å²) in [6.45, 7) is 5.85. The molecule has 1 aromatic carbocycles. The summed E-state index contributed by atoms with van der Waals surface area (Å²) in [6, 6.07) is 7.07. The van der Waals surface area contributed by atoms with E-state index in [0.29, 0.717) is 30.1 Å². The molecule has 1 aromatic heterocycles.